The van der Waals surface area contributed by atoms with Gasteiger partial charge in [0.05, 0.1) is 5.69 Å². The molecule has 7 heteroatoms. The predicted octanol–water partition coefficient (Wildman–Crippen LogP) is 2.38. The van der Waals surface area contributed by atoms with Gasteiger partial charge in [0, 0.05) is 6.92 Å². The zero-order valence-electron chi connectivity index (χ0n) is 13.4. The van der Waals surface area contributed by atoms with Crippen molar-refractivity contribution in [2.45, 2.75) is 6.92 Å². The molecule has 0 atom stereocenters. The zero-order chi connectivity index (χ0) is 18.2. The normalized spacial score (nSPS) is 10.7. The van der Waals surface area contributed by atoms with Crippen LogP contribution in [0.4, 0.5) is 5.69 Å². The quantitative estimate of drug-likeness (QED) is 0.384. The average Bonchev–Trinajstić information content (AvgIpc) is 2.57. The zero-order valence-corrected chi connectivity index (χ0v) is 14.3. The van der Waals surface area contributed by atoms with E-state index in [0.29, 0.717) is 5.69 Å². The molecule has 0 fully saturated rings. The van der Waals surface area contributed by atoms with E-state index >= 15 is 0 Å². The van der Waals surface area contributed by atoms with Gasteiger partial charge in [-0.3, -0.25) is 14.9 Å². The van der Waals surface area contributed by atoms with Crippen LogP contribution in [-0.4, -0.2) is 22.0 Å². The summed E-state index contributed by atoms with van der Waals surface area (Å²) in [5, 5.41) is 17.4. The van der Waals surface area contributed by atoms with Crippen LogP contribution in [0, 0.1) is 0 Å². The van der Waals surface area contributed by atoms with Crippen molar-refractivity contribution in [2.75, 3.05) is 5.32 Å². The molecule has 6 nitrogen and oxygen atoms in total. The first-order valence-corrected chi connectivity index (χ1v) is 7.81. The Balaban J connectivity index is 2.11. The highest BCUT2D eigenvalue weighted by Gasteiger charge is 2.13. The first-order chi connectivity index (χ1) is 12.0. The molecule has 0 aliphatic carbocycles. The van der Waals surface area contributed by atoms with Crippen LogP contribution in [0.15, 0.2) is 60.3 Å². The van der Waals surface area contributed by atoms with E-state index in [2.05, 4.69) is 16.0 Å². The lowest BCUT2D eigenvalue weighted by Crippen LogP contribution is -2.39. The predicted molar refractivity (Wildman–Crippen MR) is 101 cm³/mol. The molecular formula is C18H17N3O3S. The summed E-state index contributed by atoms with van der Waals surface area (Å²) in [7, 11) is 0. The number of phenols is 1. The van der Waals surface area contributed by atoms with Gasteiger partial charge < -0.3 is 15.7 Å². The van der Waals surface area contributed by atoms with Gasteiger partial charge in [0.1, 0.15) is 11.4 Å². The highest BCUT2D eigenvalue weighted by molar-refractivity contribution is 7.80. The Morgan fingerprint density at radius 3 is 2.28 bits per heavy atom. The minimum absolute atomic E-state index is 0.000936. The number of amides is 2. The maximum absolute atomic E-state index is 12.4. The molecule has 0 unspecified atom stereocenters. The van der Waals surface area contributed by atoms with E-state index in [4.69, 9.17) is 12.2 Å². The number of carbonyl (C=O) groups is 2. The SMILES string of the molecule is CC(=O)N/C(=C\c1ccccc1)C(=O)NC(=S)Nc1ccccc1O. The van der Waals surface area contributed by atoms with Crippen molar-refractivity contribution >= 4 is 40.9 Å². The molecule has 0 saturated carbocycles. The van der Waals surface area contributed by atoms with E-state index in [1.165, 1.54) is 13.0 Å². The maximum atomic E-state index is 12.4. The standard InChI is InChI=1S/C18H17N3O3S/c1-12(22)19-15(11-13-7-3-2-4-8-13)17(24)21-18(25)20-14-9-5-6-10-16(14)23/h2-11,23H,1H3,(H,19,22)(H2,20,21,24,25)/b15-11-. The molecule has 0 bridgehead atoms. The molecule has 128 valence electrons. The van der Waals surface area contributed by atoms with Gasteiger partial charge in [0.15, 0.2) is 5.11 Å². The summed E-state index contributed by atoms with van der Waals surface area (Å²) in [6.07, 6.45) is 1.54. The van der Waals surface area contributed by atoms with Crippen LogP contribution in [-0.2, 0) is 9.59 Å². The van der Waals surface area contributed by atoms with Gasteiger partial charge >= 0.3 is 0 Å². The highest BCUT2D eigenvalue weighted by Crippen LogP contribution is 2.21. The minimum Gasteiger partial charge on any atom is -0.506 e. The third kappa shape index (κ3) is 5.74. The molecule has 0 aliphatic rings. The molecule has 0 radical (unpaired) electrons. The molecule has 0 saturated heterocycles. The first kappa shape index (κ1) is 18.2. The Kier molecular flexibility index (Phi) is 6.25. The van der Waals surface area contributed by atoms with Gasteiger partial charge in [0.2, 0.25) is 5.91 Å². The van der Waals surface area contributed by atoms with Crippen molar-refractivity contribution in [1.82, 2.24) is 10.6 Å². The fourth-order valence-corrected chi connectivity index (χ4v) is 2.17. The second-order valence-corrected chi connectivity index (χ2v) is 5.48. The number of benzene rings is 2. The van der Waals surface area contributed by atoms with E-state index < -0.39 is 5.91 Å². The molecule has 2 amide bonds. The number of hydrogen-bond donors (Lipinski definition) is 4. The molecule has 2 aromatic carbocycles. The Hall–Kier alpha value is -3.19. The average molecular weight is 355 g/mol. The first-order valence-electron chi connectivity index (χ1n) is 7.40. The topological polar surface area (TPSA) is 90.5 Å². The van der Waals surface area contributed by atoms with Crippen LogP contribution in [0.5, 0.6) is 5.75 Å². The van der Waals surface area contributed by atoms with Crippen molar-refractivity contribution in [3.8, 4) is 5.75 Å². The van der Waals surface area contributed by atoms with Gasteiger partial charge in [-0.2, -0.15) is 0 Å². The lowest BCUT2D eigenvalue weighted by molar-refractivity contribution is -0.121. The largest absolute Gasteiger partial charge is 0.506 e. The summed E-state index contributed by atoms with van der Waals surface area (Å²) >= 11 is 5.08. The molecule has 25 heavy (non-hydrogen) atoms. The number of thiocarbonyl (C=S) groups is 1. The number of hydrogen-bond acceptors (Lipinski definition) is 4. The van der Waals surface area contributed by atoms with Gasteiger partial charge in [-0.05, 0) is 36.0 Å². The number of carbonyl (C=O) groups excluding carboxylic acids is 2. The summed E-state index contributed by atoms with van der Waals surface area (Å²) in [6, 6.07) is 15.6. The third-order valence-electron chi connectivity index (χ3n) is 3.05. The lowest BCUT2D eigenvalue weighted by atomic mass is 10.2. The molecule has 4 N–H and O–H groups in total. The van der Waals surface area contributed by atoms with E-state index in [1.54, 1.807) is 36.4 Å². The van der Waals surface area contributed by atoms with E-state index in [0.717, 1.165) is 5.56 Å². The van der Waals surface area contributed by atoms with Crippen LogP contribution < -0.4 is 16.0 Å². The van der Waals surface area contributed by atoms with Crippen molar-refractivity contribution < 1.29 is 14.7 Å². The number of rotatable bonds is 4. The van der Waals surface area contributed by atoms with Crippen molar-refractivity contribution in [3.05, 3.63) is 65.9 Å². The fourth-order valence-electron chi connectivity index (χ4n) is 1.97. The van der Waals surface area contributed by atoms with Crippen LogP contribution in [0.3, 0.4) is 0 Å². The van der Waals surface area contributed by atoms with Crippen LogP contribution in [0.1, 0.15) is 12.5 Å². The van der Waals surface area contributed by atoms with E-state index in [-0.39, 0.29) is 22.5 Å². The van der Waals surface area contributed by atoms with Crippen LogP contribution in [0.2, 0.25) is 0 Å². The van der Waals surface area contributed by atoms with Gasteiger partial charge in [0.25, 0.3) is 5.91 Å². The molecule has 0 spiro atoms. The Bertz CT molecular complexity index is 819. The Morgan fingerprint density at radius 1 is 1.00 bits per heavy atom. The summed E-state index contributed by atoms with van der Waals surface area (Å²) in [5.41, 5.74) is 1.17. The van der Waals surface area contributed by atoms with E-state index in [1.807, 2.05) is 18.2 Å². The summed E-state index contributed by atoms with van der Waals surface area (Å²) in [4.78, 5) is 23.7. The number of nitrogens with one attached hydrogen (secondary N) is 3. The Labute approximate surface area is 150 Å². The highest BCUT2D eigenvalue weighted by atomic mass is 32.1. The van der Waals surface area contributed by atoms with Crippen molar-refractivity contribution in [3.63, 3.8) is 0 Å². The Morgan fingerprint density at radius 2 is 1.64 bits per heavy atom. The maximum Gasteiger partial charge on any atom is 0.273 e. The van der Waals surface area contributed by atoms with Gasteiger partial charge in [-0.25, -0.2) is 0 Å². The summed E-state index contributed by atoms with van der Waals surface area (Å²) < 4.78 is 0. The molecule has 0 heterocycles. The van der Waals surface area contributed by atoms with E-state index in [9.17, 15) is 14.7 Å². The van der Waals surface area contributed by atoms with Gasteiger partial charge in [-0.15, -0.1) is 0 Å². The summed E-state index contributed by atoms with van der Waals surface area (Å²) in [6.45, 7) is 1.31. The third-order valence-corrected chi connectivity index (χ3v) is 3.25. The second kappa shape index (κ2) is 8.60. The number of aromatic hydroxyl groups is 1. The van der Waals surface area contributed by atoms with Gasteiger partial charge in [-0.1, -0.05) is 42.5 Å². The molecule has 2 rings (SSSR count). The number of phenolic OH excluding ortho intramolecular Hbond substituents is 1. The molecule has 2 aromatic rings. The molecular weight excluding hydrogens is 338 g/mol. The number of para-hydroxylation sites is 2. The smallest absolute Gasteiger partial charge is 0.273 e. The fraction of sp³-hybridized carbons (Fsp3) is 0.0556. The second-order valence-electron chi connectivity index (χ2n) is 5.08. The minimum atomic E-state index is -0.577. The summed E-state index contributed by atoms with van der Waals surface area (Å²) in [5.74, 6) is -0.954. The molecule has 0 aromatic heterocycles. The monoisotopic (exact) mass is 355 g/mol. The lowest BCUT2D eigenvalue weighted by Gasteiger charge is -2.12. The number of anilines is 1. The van der Waals surface area contributed by atoms with Crippen molar-refractivity contribution in [2.24, 2.45) is 0 Å². The van der Waals surface area contributed by atoms with Crippen LogP contribution in [0.25, 0.3) is 6.08 Å². The molecule has 0 aliphatic heterocycles. The van der Waals surface area contributed by atoms with Crippen molar-refractivity contribution in [1.29, 1.82) is 0 Å². The van der Waals surface area contributed by atoms with Crippen LogP contribution >= 0.6 is 12.2 Å².